The maximum absolute atomic E-state index is 5.15. The molecule has 1 aromatic carbocycles. The number of nitrogens with zero attached hydrogens (tertiary/aromatic N) is 3. The minimum atomic E-state index is 0.169. The summed E-state index contributed by atoms with van der Waals surface area (Å²) in [5.41, 5.74) is 4.08. The summed E-state index contributed by atoms with van der Waals surface area (Å²) in [4.78, 5) is 5.80. The molecule has 126 valence electrons. The van der Waals surface area contributed by atoms with Crippen LogP contribution in [-0.2, 0) is 0 Å². The van der Waals surface area contributed by atoms with Gasteiger partial charge in [-0.2, -0.15) is 4.37 Å². The van der Waals surface area contributed by atoms with Crippen LogP contribution in [0, 0.1) is 0 Å². The Morgan fingerprint density at radius 3 is 2.72 bits per heavy atom. The molecule has 1 N–H and O–H groups in total. The van der Waals surface area contributed by atoms with E-state index in [2.05, 4.69) is 45.9 Å². The number of anilines is 1. The summed E-state index contributed by atoms with van der Waals surface area (Å²) in [5.74, 6) is 0.663. The van der Waals surface area contributed by atoms with Gasteiger partial charge in [0.2, 0.25) is 5.88 Å². The van der Waals surface area contributed by atoms with Gasteiger partial charge in [0.1, 0.15) is 5.65 Å². The zero-order chi connectivity index (χ0) is 17.2. The third kappa shape index (κ3) is 3.21. The molecule has 0 aliphatic heterocycles. The van der Waals surface area contributed by atoms with Gasteiger partial charge in [-0.3, -0.25) is 0 Å². The molecule has 5 nitrogen and oxygen atoms in total. The number of fused-ring (bicyclic) bond motifs is 1. The molecule has 0 saturated carbocycles. The number of nitrogens with one attached hydrogen (secondary N) is 1. The van der Waals surface area contributed by atoms with Gasteiger partial charge in [0.05, 0.1) is 23.7 Å². The van der Waals surface area contributed by atoms with E-state index < -0.39 is 0 Å². The number of pyridine rings is 1. The van der Waals surface area contributed by atoms with Crippen molar-refractivity contribution in [2.24, 2.45) is 0 Å². The van der Waals surface area contributed by atoms with Crippen molar-refractivity contribution in [3.8, 4) is 17.1 Å². The van der Waals surface area contributed by atoms with Crippen LogP contribution in [-0.4, -0.2) is 20.9 Å². The summed E-state index contributed by atoms with van der Waals surface area (Å²) in [6.07, 6.45) is 4.05. The summed E-state index contributed by atoms with van der Waals surface area (Å²) in [6, 6.07) is 16.5. The summed E-state index contributed by atoms with van der Waals surface area (Å²) < 4.78 is 11.4. The van der Waals surface area contributed by atoms with Gasteiger partial charge < -0.3 is 14.5 Å². The fourth-order valence-electron chi connectivity index (χ4n) is 2.70. The van der Waals surface area contributed by atoms with E-state index in [4.69, 9.17) is 4.74 Å². The van der Waals surface area contributed by atoms with Crippen LogP contribution in [0.3, 0.4) is 0 Å². The van der Waals surface area contributed by atoms with Crippen LogP contribution in [0.4, 0.5) is 5.69 Å². The first-order valence-corrected chi connectivity index (χ1v) is 8.81. The number of imidazole rings is 1. The van der Waals surface area contributed by atoms with Gasteiger partial charge in [-0.05, 0) is 42.7 Å². The Bertz CT molecular complexity index is 957. The molecule has 0 spiro atoms. The lowest BCUT2D eigenvalue weighted by atomic mass is 10.1. The normalized spacial score (nSPS) is 12.2. The molecule has 4 aromatic rings. The van der Waals surface area contributed by atoms with Crippen LogP contribution in [0.25, 0.3) is 16.9 Å². The SMILES string of the molecule is COc1cc(C(C)Nc2ccc(-c3cn4ccccc4n3)cc2)sn1. The van der Waals surface area contributed by atoms with Gasteiger partial charge in [0.15, 0.2) is 0 Å². The number of rotatable bonds is 5. The highest BCUT2D eigenvalue weighted by Gasteiger charge is 2.11. The van der Waals surface area contributed by atoms with Crippen molar-refractivity contribution in [1.82, 2.24) is 13.8 Å². The molecular formula is C19H18N4OS. The van der Waals surface area contributed by atoms with Gasteiger partial charge in [0.25, 0.3) is 0 Å². The molecule has 4 rings (SSSR count). The Balaban J connectivity index is 1.51. The fourth-order valence-corrected chi connectivity index (χ4v) is 3.40. The minimum absolute atomic E-state index is 0.169. The van der Waals surface area contributed by atoms with Crippen molar-refractivity contribution in [2.45, 2.75) is 13.0 Å². The molecular weight excluding hydrogens is 332 g/mol. The second-order valence-corrected chi connectivity index (χ2v) is 6.64. The molecule has 3 aromatic heterocycles. The van der Waals surface area contributed by atoms with Crippen molar-refractivity contribution in [2.75, 3.05) is 12.4 Å². The third-order valence-corrected chi connectivity index (χ3v) is 5.02. The summed E-state index contributed by atoms with van der Waals surface area (Å²) in [5, 5.41) is 3.49. The van der Waals surface area contributed by atoms with E-state index in [9.17, 15) is 0 Å². The highest BCUT2D eigenvalue weighted by atomic mass is 32.1. The van der Waals surface area contributed by atoms with Gasteiger partial charge >= 0.3 is 0 Å². The number of aromatic nitrogens is 3. The molecule has 0 amide bonds. The van der Waals surface area contributed by atoms with Crippen LogP contribution in [0.1, 0.15) is 17.8 Å². The van der Waals surface area contributed by atoms with E-state index in [-0.39, 0.29) is 6.04 Å². The predicted molar refractivity (Wildman–Crippen MR) is 101 cm³/mol. The molecule has 25 heavy (non-hydrogen) atoms. The van der Waals surface area contributed by atoms with Crippen molar-refractivity contribution in [1.29, 1.82) is 0 Å². The highest BCUT2D eigenvalue weighted by molar-refractivity contribution is 7.06. The molecule has 0 fully saturated rings. The van der Waals surface area contributed by atoms with Crippen LogP contribution < -0.4 is 10.1 Å². The number of ether oxygens (including phenoxy) is 1. The van der Waals surface area contributed by atoms with E-state index in [1.165, 1.54) is 11.5 Å². The second kappa shape index (κ2) is 6.57. The van der Waals surface area contributed by atoms with Gasteiger partial charge in [-0.1, -0.05) is 18.2 Å². The minimum Gasteiger partial charge on any atom is -0.480 e. The lowest BCUT2D eigenvalue weighted by Crippen LogP contribution is -2.04. The van der Waals surface area contributed by atoms with E-state index in [0.717, 1.165) is 27.5 Å². The van der Waals surface area contributed by atoms with Gasteiger partial charge in [-0.25, -0.2) is 4.98 Å². The Kier molecular flexibility index (Phi) is 4.11. The smallest absolute Gasteiger partial charge is 0.225 e. The number of benzene rings is 1. The van der Waals surface area contributed by atoms with Crippen LogP contribution >= 0.6 is 11.5 Å². The number of hydrogen-bond acceptors (Lipinski definition) is 5. The van der Waals surface area contributed by atoms with Crippen LogP contribution in [0.2, 0.25) is 0 Å². The average molecular weight is 350 g/mol. The lowest BCUT2D eigenvalue weighted by molar-refractivity contribution is 0.402. The van der Waals surface area contributed by atoms with E-state index in [1.807, 2.05) is 41.1 Å². The first-order valence-electron chi connectivity index (χ1n) is 8.04. The third-order valence-electron chi connectivity index (χ3n) is 4.07. The van der Waals surface area contributed by atoms with Crippen molar-refractivity contribution < 1.29 is 4.74 Å². The van der Waals surface area contributed by atoms with Gasteiger partial charge in [0, 0.05) is 29.7 Å². The van der Waals surface area contributed by atoms with E-state index in [1.54, 1.807) is 7.11 Å². The predicted octanol–water partition coefficient (Wildman–Crippen LogP) is 4.64. The molecule has 1 atom stereocenters. The molecule has 0 radical (unpaired) electrons. The molecule has 1 unspecified atom stereocenters. The summed E-state index contributed by atoms with van der Waals surface area (Å²) >= 11 is 1.45. The molecule has 0 saturated heterocycles. The Morgan fingerprint density at radius 2 is 2.00 bits per heavy atom. The van der Waals surface area contributed by atoms with Crippen LogP contribution in [0.15, 0.2) is 60.9 Å². The molecule has 0 aliphatic rings. The zero-order valence-electron chi connectivity index (χ0n) is 14.0. The first-order chi connectivity index (χ1) is 12.2. The molecule has 0 bridgehead atoms. The largest absolute Gasteiger partial charge is 0.480 e. The number of hydrogen-bond donors (Lipinski definition) is 1. The van der Waals surface area contributed by atoms with Gasteiger partial charge in [-0.15, -0.1) is 0 Å². The monoisotopic (exact) mass is 350 g/mol. The van der Waals surface area contributed by atoms with E-state index >= 15 is 0 Å². The van der Waals surface area contributed by atoms with Crippen LogP contribution in [0.5, 0.6) is 5.88 Å². The molecule has 3 heterocycles. The first kappa shape index (κ1) is 15.7. The van der Waals surface area contributed by atoms with E-state index in [0.29, 0.717) is 5.88 Å². The fraction of sp³-hybridized carbons (Fsp3) is 0.158. The average Bonchev–Trinajstić information content (AvgIpc) is 3.29. The Morgan fingerprint density at radius 1 is 1.16 bits per heavy atom. The Labute approximate surface area is 150 Å². The molecule has 6 heteroatoms. The quantitative estimate of drug-likeness (QED) is 0.570. The summed E-state index contributed by atoms with van der Waals surface area (Å²) in [6.45, 7) is 2.11. The number of methoxy groups -OCH3 is 1. The Hall–Kier alpha value is -2.86. The topological polar surface area (TPSA) is 51.5 Å². The molecule has 0 aliphatic carbocycles. The second-order valence-electron chi connectivity index (χ2n) is 5.81. The maximum atomic E-state index is 5.15. The lowest BCUT2D eigenvalue weighted by Gasteiger charge is -2.13. The summed E-state index contributed by atoms with van der Waals surface area (Å²) in [7, 11) is 1.63. The highest BCUT2D eigenvalue weighted by Crippen LogP contribution is 2.27. The zero-order valence-corrected chi connectivity index (χ0v) is 14.8. The van der Waals surface area contributed by atoms with Crippen molar-refractivity contribution in [3.05, 3.63) is 65.8 Å². The van der Waals surface area contributed by atoms with Crippen molar-refractivity contribution >= 4 is 22.9 Å². The standard InChI is InChI=1S/C19H18N4OS/c1-13(17-11-19(24-2)22-25-17)20-15-8-6-14(7-9-15)16-12-23-10-4-3-5-18(23)21-16/h3-13,20H,1-2H3. The van der Waals surface area contributed by atoms with Crippen molar-refractivity contribution in [3.63, 3.8) is 0 Å². The maximum Gasteiger partial charge on any atom is 0.225 e.